The summed E-state index contributed by atoms with van der Waals surface area (Å²) >= 11 is 0. The minimum atomic E-state index is -1.21. The molecular weight excluding hydrogens is 308 g/mol. The minimum absolute atomic E-state index is 0.0763. The number of esters is 1. The standard InChI is InChI=1S/C19H34O5/c1-10-9-12(16(19(7,8)22)23-11(2)20)24-14-13(10)17(3,4)18(5,6)15(14)21/h10,12-16,21-22H,9H2,1-8H3. The Morgan fingerprint density at radius 3 is 2.25 bits per heavy atom. The van der Waals surface area contributed by atoms with E-state index in [4.69, 9.17) is 9.47 Å². The summed E-state index contributed by atoms with van der Waals surface area (Å²) in [6, 6.07) is 0. The first kappa shape index (κ1) is 19.7. The van der Waals surface area contributed by atoms with Crippen LogP contribution < -0.4 is 0 Å². The molecule has 0 aromatic carbocycles. The smallest absolute Gasteiger partial charge is 0.303 e. The lowest BCUT2D eigenvalue weighted by Gasteiger charge is -2.47. The molecule has 0 bridgehead atoms. The Labute approximate surface area is 145 Å². The second-order valence-corrected chi connectivity index (χ2v) is 9.45. The van der Waals surface area contributed by atoms with Crippen molar-refractivity contribution in [3.63, 3.8) is 0 Å². The maximum Gasteiger partial charge on any atom is 0.303 e. The third-order valence-corrected chi connectivity index (χ3v) is 6.77. The first-order valence-corrected chi connectivity index (χ1v) is 8.94. The van der Waals surface area contributed by atoms with Gasteiger partial charge in [-0.15, -0.1) is 0 Å². The van der Waals surface area contributed by atoms with Crippen molar-refractivity contribution in [3.05, 3.63) is 0 Å². The lowest BCUT2D eigenvalue weighted by molar-refractivity contribution is -0.215. The third-order valence-electron chi connectivity index (χ3n) is 6.77. The highest BCUT2D eigenvalue weighted by Crippen LogP contribution is 2.61. The lowest BCUT2D eigenvalue weighted by Crippen LogP contribution is -2.55. The van der Waals surface area contributed by atoms with Crippen LogP contribution in [-0.4, -0.2) is 46.2 Å². The Morgan fingerprint density at radius 1 is 1.25 bits per heavy atom. The summed E-state index contributed by atoms with van der Waals surface area (Å²) in [4.78, 5) is 11.5. The van der Waals surface area contributed by atoms with Crippen LogP contribution in [0, 0.1) is 22.7 Å². The van der Waals surface area contributed by atoms with Gasteiger partial charge in [0.05, 0.1) is 23.9 Å². The van der Waals surface area contributed by atoms with Gasteiger partial charge >= 0.3 is 5.97 Å². The molecule has 2 N–H and O–H groups in total. The molecule has 0 aromatic heterocycles. The summed E-state index contributed by atoms with van der Waals surface area (Å²) in [5.74, 6) is 0.0762. The molecule has 5 heteroatoms. The highest BCUT2D eigenvalue weighted by atomic mass is 16.6. The molecule has 6 unspecified atom stereocenters. The number of hydrogen-bond acceptors (Lipinski definition) is 5. The molecule has 140 valence electrons. The number of rotatable bonds is 3. The first-order valence-electron chi connectivity index (χ1n) is 8.94. The summed E-state index contributed by atoms with van der Waals surface area (Å²) in [5.41, 5.74) is -1.57. The minimum Gasteiger partial charge on any atom is -0.457 e. The van der Waals surface area contributed by atoms with Gasteiger partial charge < -0.3 is 19.7 Å². The lowest BCUT2D eigenvalue weighted by atomic mass is 9.62. The molecule has 2 rings (SSSR count). The molecule has 24 heavy (non-hydrogen) atoms. The van der Waals surface area contributed by atoms with Gasteiger partial charge in [0.25, 0.3) is 0 Å². The Balaban J connectivity index is 2.33. The van der Waals surface area contributed by atoms with Gasteiger partial charge in [-0.25, -0.2) is 0 Å². The molecule has 0 radical (unpaired) electrons. The van der Waals surface area contributed by atoms with Crippen LogP contribution in [0.4, 0.5) is 0 Å². The normalized spacial score (nSPS) is 39.2. The van der Waals surface area contributed by atoms with Crippen LogP contribution >= 0.6 is 0 Å². The fourth-order valence-electron chi connectivity index (χ4n) is 4.84. The van der Waals surface area contributed by atoms with E-state index in [0.717, 1.165) is 0 Å². The van der Waals surface area contributed by atoms with Gasteiger partial charge in [0.2, 0.25) is 0 Å². The molecule has 1 aliphatic carbocycles. The molecule has 6 atom stereocenters. The number of aliphatic hydroxyl groups is 2. The Bertz CT molecular complexity index is 490. The summed E-state index contributed by atoms with van der Waals surface area (Å²) in [6.07, 6.45) is -1.40. The van der Waals surface area contributed by atoms with Crippen LogP contribution in [0.15, 0.2) is 0 Å². The zero-order chi connectivity index (χ0) is 18.7. The monoisotopic (exact) mass is 342 g/mol. The fourth-order valence-corrected chi connectivity index (χ4v) is 4.84. The summed E-state index contributed by atoms with van der Waals surface area (Å²) in [7, 11) is 0. The molecule has 5 nitrogen and oxygen atoms in total. The number of carbonyl (C=O) groups is 1. The van der Waals surface area contributed by atoms with Crippen molar-refractivity contribution in [1.29, 1.82) is 0 Å². The topological polar surface area (TPSA) is 76.0 Å². The number of hydrogen-bond donors (Lipinski definition) is 2. The summed E-state index contributed by atoms with van der Waals surface area (Å²) in [6.45, 7) is 15.3. The van der Waals surface area contributed by atoms with Gasteiger partial charge in [-0.2, -0.15) is 0 Å². The molecular formula is C19H34O5. The average Bonchev–Trinajstić information content (AvgIpc) is 2.53. The van der Waals surface area contributed by atoms with E-state index < -0.39 is 29.9 Å². The maximum absolute atomic E-state index is 11.5. The van der Waals surface area contributed by atoms with Crippen LogP contribution in [0.5, 0.6) is 0 Å². The van der Waals surface area contributed by atoms with Crippen LogP contribution in [0.25, 0.3) is 0 Å². The molecule has 0 spiro atoms. The molecule has 1 heterocycles. The van der Waals surface area contributed by atoms with Gasteiger partial charge in [0.1, 0.15) is 0 Å². The van der Waals surface area contributed by atoms with Crippen molar-refractivity contribution in [3.8, 4) is 0 Å². The zero-order valence-electron chi connectivity index (χ0n) is 16.3. The largest absolute Gasteiger partial charge is 0.457 e. The molecule has 0 amide bonds. The fraction of sp³-hybridized carbons (Fsp3) is 0.947. The summed E-state index contributed by atoms with van der Waals surface area (Å²) < 4.78 is 11.7. The van der Waals surface area contributed by atoms with E-state index in [2.05, 4.69) is 34.6 Å². The number of aliphatic hydroxyl groups excluding tert-OH is 1. The van der Waals surface area contributed by atoms with Crippen LogP contribution in [-0.2, 0) is 14.3 Å². The van der Waals surface area contributed by atoms with Crippen molar-refractivity contribution in [1.82, 2.24) is 0 Å². The molecule has 1 aliphatic heterocycles. The van der Waals surface area contributed by atoms with Gasteiger partial charge in [0.15, 0.2) is 6.10 Å². The second kappa shape index (κ2) is 5.96. The highest BCUT2D eigenvalue weighted by molar-refractivity contribution is 5.66. The highest BCUT2D eigenvalue weighted by Gasteiger charge is 2.64. The van der Waals surface area contributed by atoms with Crippen LogP contribution in [0.3, 0.4) is 0 Å². The summed E-state index contributed by atoms with van der Waals surface area (Å²) in [5, 5.41) is 21.4. The predicted octanol–water partition coefficient (Wildman–Crippen LogP) is 2.53. The van der Waals surface area contributed by atoms with E-state index in [1.165, 1.54) is 6.92 Å². The average molecular weight is 342 g/mol. The number of ether oxygens (including phenoxy) is 2. The first-order chi connectivity index (χ1) is 10.7. The van der Waals surface area contributed by atoms with Crippen LogP contribution in [0.1, 0.15) is 61.8 Å². The van der Waals surface area contributed by atoms with Gasteiger partial charge in [-0.3, -0.25) is 4.79 Å². The Morgan fingerprint density at radius 2 is 1.79 bits per heavy atom. The van der Waals surface area contributed by atoms with Gasteiger partial charge in [-0.1, -0.05) is 34.6 Å². The van der Waals surface area contributed by atoms with E-state index in [1.807, 2.05) is 0 Å². The molecule has 1 saturated carbocycles. The Hall–Kier alpha value is -0.650. The molecule has 1 saturated heterocycles. The zero-order valence-corrected chi connectivity index (χ0v) is 16.3. The van der Waals surface area contributed by atoms with E-state index in [-0.39, 0.29) is 22.9 Å². The molecule has 2 fully saturated rings. The van der Waals surface area contributed by atoms with Gasteiger partial charge in [-0.05, 0) is 42.9 Å². The van der Waals surface area contributed by atoms with Crippen molar-refractivity contribution in [2.24, 2.45) is 22.7 Å². The predicted molar refractivity (Wildman–Crippen MR) is 91.4 cm³/mol. The quantitative estimate of drug-likeness (QED) is 0.771. The number of carbonyl (C=O) groups excluding carboxylic acids is 1. The van der Waals surface area contributed by atoms with E-state index >= 15 is 0 Å². The molecule has 2 aliphatic rings. The van der Waals surface area contributed by atoms with Crippen molar-refractivity contribution < 1.29 is 24.5 Å². The molecule has 0 aromatic rings. The number of fused-ring (bicyclic) bond motifs is 1. The van der Waals surface area contributed by atoms with E-state index in [1.54, 1.807) is 13.8 Å². The van der Waals surface area contributed by atoms with E-state index in [9.17, 15) is 15.0 Å². The van der Waals surface area contributed by atoms with Crippen molar-refractivity contribution in [2.75, 3.05) is 0 Å². The van der Waals surface area contributed by atoms with Crippen LogP contribution in [0.2, 0.25) is 0 Å². The maximum atomic E-state index is 11.5. The van der Waals surface area contributed by atoms with Crippen molar-refractivity contribution >= 4 is 5.97 Å². The SMILES string of the molecule is CC(=O)OC(C1CC(C)C2C(O1)C(O)C(C)(C)C2(C)C)C(C)(C)O. The van der Waals surface area contributed by atoms with Crippen molar-refractivity contribution in [2.45, 2.75) is 91.8 Å². The Kier molecular flexibility index (Phi) is 4.88. The second-order valence-electron chi connectivity index (χ2n) is 9.45. The third kappa shape index (κ3) is 2.99. The van der Waals surface area contributed by atoms with Gasteiger partial charge in [0, 0.05) is 6.92 Å². The van der Waals surface area contributed by atoms with E-state index in [0.29, 0.717) is 12.3 Å².